The van der Waals surface area contributed by atoms with E-state index in [0.29, 0.717) is 22.4 Å². The summed E-state index contributed by atoms with van der Waals surface area (Å²) >= 11 is 6.16. The van der Waals surface area contributed by atoms with E-state index in [9.17, 15) is 14.9 Å². The number of nitrogens with zero attached hydrogens (tertiary/aromatic N) is 3. The minimum absolute atomic E-state index is 0.0891. The Morgan fingerprint density at radius 3 is 2.52 bits per heavy atom. The Morgan fingerprint density at radius 2 is 1.84 bits per heavy atom. The number of para-hydroxylation sites is 2. The molecular formula is C16H12ClN5O3. The van der Waals surface area contributed by atoms with Crippen LogP contribution in [0.3, 0.4) is 0 Å². The number of benzene rings is 2. The van der Waals surface area contributed by atoms with Crippen molar-refractivity contribution in [2.24, 2.45) is 0 Å². The average Bonchev–Trinajstić information content (AvgIpc) is 2.56. The summed E-state index contributed by atoms with van der Waals surface area (Å²) in [5.41, 5.74) is 1.80. The number of fused-ring (bicyclic) bond motifs is 1. The van der Waals surface area contributed by atoms with Gasteiger partial charge in [-0.05, 0) is 18.2 Å². The standard InChI is InChI=1S/C16H12ClN5O3/c1-9(23)18-11-4-2-3-5-12(11)20-16-15(17)19-13-7-6-10(22(24)25)8-14(13)21-16/h2-8H,1H3,(H,18,23)(H,20,21). The fourth-order valence-electron chi connectivity index (χ4n) is 2.23. The topological polar surface area (TPSA) is 110 Å². The summed E-state index contributed by atoms with van der Waals surface area (Å²) in [4.78, 5) is 30.2. The van der Waals surface area contributed by atoms with E-state index in [1.807, 2.05) is 0 Å². The first-order valence-corrected chi connectivity index (χ1v) is 7.57. The highest BCUT2D eigenvalue weighted by atomic mass is 35.5. The van der Waals surface area contributed by atoms with Crippen molar-refractivity contribution in [3.8, 4) is 0 Å². The van der Waals surface area contributed by atoms with Crippen LogP contribution in [0.4, 0.5) is 22.9 Å². The van der Waals surface area contributed by atoms with Gasteiger partial charge in [-0.3, -0.25) is 14.9 Å². The number of nitro groups is 1. The SMILES string of the molecule is CC(=O)Nc1ccccc1Nc1nc2cc([N+](=O)[O-])ccc2nc1Cl. The highest BCUT2D eigenvalue weighted by Gasteiger charge is 2.13. The number of hydrogen-bond donors (Lipinski definition) is 2. The van der Waals surface area contributed by atoms with Gasteiger partial charge in [-0.1, -0.05) is 23.7 Å². The predicted molar refractivity (Wildman–Crippen MR) is 95.2 cm³/mol. The minimum atomic E-state index is -0.505. The fourth-order valence-corrected chi connectivity index (χ4v) is 2.41. The minimum Gasteiger partial charge on any atom is -0.336 e. The lowest BCUT2D eigenvalue weighted by atomic mass is 10.2. The molecule has 0 radical (unpaired) electrons. The van der Waals surface area contributed by atoms with Gasteiger partial charge in [0.2, 0.25) is 5.91 Å². The Hall–Kier alpha value is -3.26. The van der Waals surface area contributed by atoms with E-state index < -0.39 is 4.92 Å². The third kappa shape index (κ3) is 3.64. The molecule has 1 amide bonds. The Bertz CT molecular complexity index is 993. The maximum atomic E-state index is 11.3. The molecule has 9 heteroatoms. The third-order valence-corrected chi connectivity index (χ3v) is 3.57. The van der Waals surface area contributed by atoms with E-state index in [0.717, 1.165) is 0 Å². The van der Waals surface area contributed by atoms with Gasteiger partial charge in [0, 0.05) is 19.1 Å². The van der Waals surface area contributed by atoms with E-state index in [2.05, 4.69) is 20.6 Å². The van der Waals surface area contributed by atoms with Crippen molar-refractivity contribution in [3.05, 3.63) is 57.7 Å². The van der Waals surface area contributed by atoms with E-state index in [1.54, 1.807) is 24.3 Å². The summed E-state index contributed by atoms with van der Waals surface area (Å²) in [5, 5.41) is 16.7. The number of halogens is 1. The van der Waals surface area contributed by atoms with Crippen molar-refractivity contribution in [3.63, 3.8) is 0 Å². The molecule has 0 aliphatic carbocycles. The summed E-state index contributed by atoms with van der Waals surface area (Å²) in [7, 11) is 0. The Labute approximate surface area is 147 Å². The predicted octanol–water partition coefficient (Wildman–Crippen LogP) is 3.89. The quantitative estimate of drug-likeness (QED) is 0.541. The number of hydrogen-bond acceptors (Lipinski definition) is 6. The molecule has 126 valence electrons. The second-order valence-corrected chi connectivity index (χ2v) is 5.50. The molecule has 1 aromatic heterocycles. The molecule has 0 atom stereocenters. The molecule has 0 saturated carbocycles. The van der Waals surface area contributed by atoms with Gasteiger partial charge < -0.3 is 10.6 Å². The molecule has 1 heterocycles. The first kappa shape index (κ1) is 16.6. The fraction of sp³-hybridized carbons (Fsp3) is 0.0625. The summed E-state index contributed by atoms with van der Waals surface area (Å²) in [5.74, 6) is 0.00744. The van der Waals surface area contributed by atoms with E-state index in [-0.39, 0.29) is 22.6 Å². The number of non-ortho nitro benzene ring substituents is 1. The van der Waals surface area contributed by atoms with Gasteiger partial charge in [0.1, 0.15) is 0 Å². The van der Waals surface area contributed by atoms with Crippen molar-refractivity contribution in [1.29, 1.82) is 0 Å². The second kappa shape index (κ2) is 6.70. The number of nitrogens with one attached hydrogen (secondary N) is 2. The van der Waals surface area contributed by atoms with Gasteiger partial charge in [0.25, 0.3) is 5.69 Å². The van der Waals surface area contributed by atoms with Crippen molar-refractivity contribution in [1.82, 2.24) is 9.97 Å². The van der Waals surface area contributed by atoms with Crippen LogP contribution in [0.1, 0.15) is 6.92 Å². The molecule has 8 nitrogen and oxygen atoms in total. The van der Waals surface area contributed by atoms with Crippen LogP contribution in [0.5, 0.6) is 0 Å². The van der Waals surface area contributed by atoms with Crippen molar-refractivity contribution < 1.29 is 9.72 Å². The largest absolute Gasteiger partial charge is 0.336 e. The number of rotatable bonds is 4. The van der Waals surface area contributed by atoms with E-state index in [1.165, 1.54) is 25.1 Å². The molecule has 3 aromatic rings. The molecule has 2 N–H and O–H groups in total. The lowest BCUT2D eigenvalue weighted by molar-refractivity contribution is -0.384. The number of carbonyl (C=O) groups is 1. The van der Waals surface area contributed by atoms with Crippen molar-refractivity contribution in [2.45, 2.75) is 6.92 Å². The van der Waals surface area contributed by atoms with Crippen LogP contribution in [0.25, 0.3) is 11.0 Å². The molecule has 2 aromatic carbocycles. The third-order valence-electron chi connectivity index (χ3n) is 3.31. The maximum Gasteiger partial charge on any atom is 0.271 e. The molecule has 0 aliphatic rings. The van der Waals surface area contributed by atoms with E-state index >= 15 is 0 Å². The van der Waals surface area contributed by atoms with Crippen LogP contribution in [-0.4, -0.2) is 20.8 Å². The van der Waals surface area contributed by atoms with E-state index in [4.69, 9.17) is 11.6 Å². The molecule has 25 heavy (non-hydrogen) atoms. The van der Waals surface area contributed by atoms with Crippen LogP contribution in [0.15, 0.2) is 42.5 Å². The van der Waals surface area contributed by atoms with Crippen LogP contribution >= 0.6 is 11.6 Å². The second-order valence-electron chi connectivity index (χ2n) is 5.14. The average molecular weight is 358 g/mol. The highest BCUT2D eigenvalue weighted by molar-refractivity contribution is 6.32. The molecule has 0 spiro atoms. The van der Waals surface area contributed by atoms with Crippen molar-refractivity contribution >= 4 is 51.4 Å². The van der Waals surface area contributed by atoms with Gasteiger partial charge >= 0.3 is 0 Å². The Balaban J connectivity index is 2.03. The Morgan fingerprint density at radius 1 is 1.12 bits per heavy atom. The summed E-state index contributed by atoms with van der Waals surface area (Å²) in [6.07, 6.45) is 0. The summed E-state index contributed by atoms with van der Waals surface area (Å²) in [6, 6.07) is 11.2. The zero-order chi connectivity index (χ0) is 18.0. The highest BCUT2D eigenvalue weighted by Crippen LogP contribution is 2.29. The monoisotopic (exact) mass is 357 g/mol. The lowest BCUT2D eigenvalue weighted by Gasteiger charge is -2.12. The normalized spacial score (nSPS) is 10.5. The zero-order valence-corrected chi connectivity index (χ0v) is 13.7. The molecule has 0 fully saturated rings. The Kier molecular flexibility index (Phi) is 4.44. The summed E-state index contributed by atoms with van der Waals surface area (Å²) in [6.45, 7) is 1.40. The van der Waals surface area contributed by atoms with Gasteiger partial charge in [0.15, 0.2) is 11.0 Å². The number of nitro benzene ring substituents is 1. The lowest BCUT2D eigenvalue weighted by Crippen LogP contribution is -2.08. The van der Waals surface area contributed by atoms with Crippen LogP contribution < -0.4 is 10.6 Å². The molecule has 0 unspecified atom stereocenters. The summed E-state index contributed by atoms with van der Waals surface area (Å²) < 4.78 is 0. The molecular weight excluding hydrogens is 346 g/mol. The number of carbonyl (C=O) groups excluding carboxylic acids is 1. The van der Waals surface area contributed by atoms with Gasteiger partial charge in [-0.2, -0.15) is 0 Å². The van der Waals surface area contributed by atoms with Crippen LogP contribution in [-0.2, 0) is 4.79 Å². The molecule has 0 bridgehead atoms. The van der Waals surface area contributed by atoms with Crippen LogP contribution in [0, 0.1) is 10.1 Å². The maximum absolute atomic E-state index is 11.3. The van der Waals surface area contributed by atoms with Gasteiger partial charge in [-0.15, -0.1) is 0 Å². The first-order valence-electron chi connectivity index (χ1n) is 7.19. The van der Waals surface area contributed by atoms with Crippen molar-refractivity contribution in [2.75, 3.05) is 10.6 Å². The number of aromatic nitrogens is 2. The molecule has 0 aliphatic heterocycles. The smallest absolute Gasteiger partial charge is 0.271 e. The molecule has 0 saturated heterocycles. The zero-order valence-electron chi connectivity index (χ0n) is 13.0. The first-order chi connectivity index (χ1) is 11.9. The van der Waals surface area contributed by atoms with Gasteiger partial charge in [0.05, 0.1) is 27.3 Å². The van der Waals surface area contributed by atoms with Gasteiger partial charge in [-0.25, -0.2) is 9.97 Å². The molecule has 3 rings (SSSR count). The number of anilines is 3. The number of amides is 1. The van der Waals surface area contributed by atoms with Crippen LogP contribution in [0.2, 0.25) is 5.15 Å².